The fourth-order valence-corrected chi connectivity index (χ4v) is 3.48. The SMILES string of the molecule is Cc1cc2c(n1-c1ccc(Br)cc1)CC(C)(C)C/C2=N/O. The van der Waals surface area contributed by atoms with Crippen molar-refractivity contribution in [3.8, 4) is 5.69 Å². The topological polar surface area (TPSA) is 37.5 Å². The van der Waals surface area contributed by atoms with Crippen LogP contribution >= 0.6 is 15.9 Å². The van der Waals surface area contributed by atoms with Crippen LogP contribution in [0.25, 0.3) is 5.69 Å². The summed E-state index contributed by atoms with van der Waals surface area (Å²) in [6.07, 6.45) is 1.78. The van der Waals surface area contributed by atoms with Crippen LogP contribution in [-0.2, 0) is 6.42 Å². The molecule has 4 heteroatoms. The molecule has 3 nitrogen and oxygen atoms in total. The van der Waals surface area contributed by atoms with Gasteiger partial charge in [0.15, 0.2) is 0 Å². The molecule has 0 saturated heterocycles. The van der Waals surface area contributed by atoms with Crippen LogP contribution in [0.4, 0.5) is 0 Å². The fourth-order valence-electron chi connectivity index (χ4n) is 3.22. The maximum Gasteiger partial charge on any atom is 0.0891 e. The van der Waals surface area contributed by atoms with E-state index in [1.165, 1.54) is 11.4 Å². The monoisotopic (exact) mass is 346 g/mol. The molecule has 21 heavy (non-hydrogen) atoms. The third kappa shape index (κ3) is 2.53. The molecule has 0 saturated carbocycles. The molecule has 1 N–H and O–H groups in total. The average molecular weight is 347 g/mol. The Kier molecular flexibility index (Phi) is 3.44. The minimum atomic E-state index is 0.104. The van der Waals surface area contributed by atoms with Gasteiger partial charge < -0.3 is 9.77 Å². The summed E-state index contributed by atoms with van der Waals surface area (Å²) >= 11 is 3.48. The van der Waals surface area contributed by atoms with Crippen molar-refractivity contribution in [2.75, 3.05) is 0 Å². The van der Waals surface area contributed by atoms with Crippen molar-refractivity contribution >= 4 is 21.6 Å². The number of fused-ring (bicyclic) bond motifs is 1. The number of benzene rings is 1. The Morgan fingerprint density at radius 3 is 2.48 bits per heavy atom. The third-order valence-corrected chi connectivity index (χ3v) is 4.62. The van der Waals surface area contributed by atoms with Crippen molar-refractivity contribution in [2.24, 2.45) is 10.6 Å². The minimum absolute atomic E-state index is 0.104. The van der Waals surface area contributed by atoms with Gasteiger partial charge in [0.05, 0.1) is 5.71 Å². The number of nitrogens with zero attached hydrogens (tertiary/aromatic N) is 2. The van der Waals surface area contributed by atoms with Crippen molar-refractivity contribution in [1.82, 2.24) is 4.57 Å². The van der Waals surface area contributed by atoms with E-state index < -0.39 is 0 Å². The van der Waals surface area contributed by atoms with Crippen molar-refractivity contribution < 1.29 is 5.21 Å². The van der Waals surface area contributed by atoms with E-state index in [-0.39, 0.29) is 5.41 Å². The number of aromatic nitrogens is 1. The summed E-state index contributed by atoms with van der Waals surface area (Å²) in [6, 6.07) is 10.4. The van der Waals surface area contributed by atoms with Gasteiger partial charge in [-0.05, 0) is 55.5 Å². The van der Waals surface area contributed by atoms with Crippen LogP contribution in [0.5, 0.6) is 0 Å². The van der Waals surface area contributed by atoms with Crippen molar-refractivity contribution in [3.63, 3.8) is 0 Å². The molecule has 110 valence electrons. The van der Waals surface area contributed by atoms with Crippen LogP contribution < -0.4 is 0 Å². The normalized spacial score (nSPS) is 18.8. The van der Waals surface area contributed by atoms with Gasteiger partial charge in [-0.25, -0.2) is 0 Å². The molecule has 1 aromatic heterocycles. The maximum absolute atomic E-state index is 9.35. The number of rotatable bonds is 1. The fraction of sp³-hybridized carbons (Fsp3) is 0.353. The summed E-state index contributed by atoms with van der Waals surface area (Å²) in [5.74, 6) is 0. The standard InChI is InChI=1S/C17H19BrN2O/c1-11-8-14-15(19-21)9-17(2,3)10-16(14)20(11)13-6-4-12(18)5-7-13/h4-8,21H,9-10H2,1-3H3/b19-15-. The van der Waals surface area contributed by atoms with Gasteiger partial charge in [0.25, 0.3) is 0 Å². The van der Waals surface area contributed by atoms with Crippen LogP contribution in [0.1, 0.15) is 37.2 Å². The predicted molar refractivity (Wildman–Crippen MR) is 88.6 cm³/mol. The molecule has 0 bridgehead atoms. The first kappa shape index (κ1) is 14.4. The molecule has 1 aliphatic carbocycles. The second-order valence-electron chi connectivity index (χ2n) is 6.52. The first-order valence-corrected chi connectivity index (χ1v) is 7.89. The first-order chi connectivity index (χ1) is 9.91. The lowest BCUT2D eigenvalue weighted by atomic mass is 9.76. The van der Waals surface area contributed by atoms with E-state index in [0.717, 1.165) is 34.3 Å². The highest BCUT2D eigenvalue weighted by Crippen LogP contribution is 2.37. The molecule has 0 atom stereocenters. The first-order valence-electron chi connectivity index (χ1n) is 7.10. The third-order valence-electron chi connectivity index (χ3n) is 4.10. The van der Waals surface area contributed by atoms with E-state index >= 15 is 0 Å². The Balaban J connectivity index is 2.20. The lowest BCUT2D eigenvalue weighted by Crippen LogP contribution is -2.28. The molecule has 3 rings (SSSR count). The van der Waals surface area contributed by atoms with E-state index in [1.54, 1.807) is 0 Å². The lowest BCUT2D eigenvalue weighted by Gasteiger charge is -2.31. The van der Waals surface area contributed by atoms with Gasteiger partial charge in [-0.2, -0.15) is 0 Å². The van der Waals surface area contributed by atoms with E-state index in [0.29, 0.717) is 0 Å². The largest absolute Gasteiger partial charge is 0.411 e. The summed E-state index contributed by atoms with van der Waals surface area (Å²) in [7, 11) is 0. The number of halogens is 1. The van der Waals surface area contributed by atoms with Crippen LogP contribution in [-0.4, -0.2) is 15.5 Å². The molecule has 1 heterocycles. The highest BCUT2D eigenvalue weighted by Gasteiger charge is 2.33. The van der Waals surface area contributed by atoms with Gasteiger partial charge in [-0.3, -0.25) is 0 Å². The smallest absolute Gasteiger partial charge is 0.0891 e. The summed E-state index contributed by atoms with van der Waals surface area (Å²) in [5, 5.41) is 12.9. The van der Waals surface area contributed by atoms with Gasteiger partial charge >= 0.3 is 0 Å². The molecular weight excluding hydrogens is 328 g/mol. The summed E-state index contributed by atoms with van der Waals surface area (Å²) in [5.41, 5.74) is 5.52. The van der Waals surface area contributed by atoms with Crippen LogP contribution in [0.3, 0.4) is 0 Å². The second-order valence-corrected chi connectivity index (χ2v) is 7.44. The Hall–Kier alpha value is -1.55. The molecule has 0 amide bonds. The molecule has 0 unspecified atom stereocenters. The van der Waals surface area contributed by atoms with Gasteiger partial charge in [-0.15, -0.1) is 0 Å². The zero-order chi connectivity index (χ0) is 15.2. The molecule has 0 radical (unpaired) electrons. The summed E-state index contributed by atoms with van der Waals surface area (Å²) < 4.78 is 3.34. The number of hydrogen-bond donors (Lipinski definition) is 1. The Morgan fingerprint density at radius 2 is 1.86 bits per heavy atom. The zero-order valence-corrected chi connectivity index (χ0v) is 14.1. The average Bonchev–Trinajstić information content (AvgIpc) is 2.74. The van der Waals surface area contributed by atoms with Gasteiger partial charge in [0, 0.05) is 27.1 Å². The Labute approximate surface area is 133 Å². The van der Waals surface area contributed by atoms with Gasteiger partial charge in [-0.1, -0.05) is 34.9 Å². The quantitative estimate of drug-likeness (QED) is 0.589. The van der Waals surface area contributed by atoms with Crippen LogP contribution in [0, 0.1) is 12.3 Å². The van der Waals surface area contributed by atoms with Crippen molar-refractivity contribution in [3.05, 3.63) is 51.8 Å². The van der Waals surface area contributed by atoms with Crippen LogP contribution in [0.15, 0.2) is 40.0 Å². The molecule has 0 spiro atoms. The van der Waals surface area contributed by atoms with Crippen LogP contribution in [0.2, 0.25) is 0 Å². The molecular formula is C17H19BrN2O. The number of aryl methyl sites for hydroxylation is 1. The predicted octanol–water partition coefficient (Wildman–Crippen LogP) is 4.70. The van der Waals surface area contributed by atoms with Crippen molar-refractivity contribution in [1.29, 1.82) is 0 Å². The van der Waals surface area contributed by atoms with E-state index in [9.17, 15) is 5.21 Å². The zero-order valence-electron chi connectivity index (χ0n) is 12.5. The number of hydrogen-bond acceptors (Lipinski definition) is 2. The lowest BCUT2D eigenvalue weighted by molar-refractivity contribution is 0.305. The Bertz CT molecular complexity index is 711. The van der Waals surface area contributed by atoms with E-state index in [1.807, 2.05) is 0 Å². The number of oxime groups is 1. The molecule has 0 aliphatic heterocycles. The molecule has 0 fully saturated rings. The highest BCUT2D eigenvalue weighted by molar-refractivity contribution is 9.10. The second kappa shape index (κ2) is 5.02. The summed E-state index contributed by atoms with van der Waals surface area (Å²) in [4.78, 5) is 0. The maximum atomic E-state index is 9.35. The molecule has 1 aliphatic rings. The summed E-state index contributed by atoms with van der Waals surface area (Å²) in [6.45, 7) is 6.53. The van der Waals surface area contributed by atoms with E-state index in [4.69, 9.17) is 0 Å². The molecule has 1 aromatic carbocycles. The van der Waals surface area contributed by atoms with Gasteiger partial charge in [0.1, 0.15) is 0 Å². The minimum Gasteiger partial charge on any atom is -0.411 e. The van der Waals surface area contributed by atoms with Crippen molar-refractivity contribution in [2.45, 2.75) is 33.6 Å². The van der Waals surface area contributed by atoms with Gasteiger partial charge in [0.2, 0.25) is 0 Å². The van der Waals surface area contributed by atoms with E-state index in [2.05, 4.69) is 76.8 Å². The highest BCUT2D eigenvalue weighted by atomic mass is 79.9. The Morgan fingerprint density at radius 1 is 1.19 bits per heavy atom. The molecule has 2 aromatic rings.